The highest BCUT2D eigenvalue weighted by atomic mass is 16.4. The average Bonchev–Trinajstić information content (AvgIpc) is 2.72. The lowest BCUT2D eigenvalue weighted by molar-refractivity contribution is -0.147. The second kappa shape index (κ2) is 5.57. The Labute approximate surface area is 110 Å². The van der Waals surface area contributed by atoms with Crippen molar-refractivity contribution in [3.8, 4) is 0 Å². The van der Waals surface area contributed by atoms with Crippen LogP contribution in [0.25, 0.3) is 0 Å². The second-order valence-corrected chi connectivity index (χ2v) is 6.31. The third-order valence-electron chi connectivity index (χ3n) is 4.77. The van der Waals surface area contributed by atoms with Gasteiger partial charge in [0.2, 0.25) is 0 Å². The topological polar surface area (TPSA) is 43.8 Å². The fourth-order valence-electron chi connectivity index (χ4n) is 3.26. The third-order valence-corrected chi connectivity index (χ3v) is 4.77. The normalized spacial score (nSPS) is 34.9. The molecule has 2 saturated heterocycles. The van der Waals surface area contributed by atoms with Gasteiger partial charge >= 0.3 is 5.97 Å². The number of piperidine rings is 1. The first-order valence-corrected chi connectivity index (χ1v) is 7.17. The van der Waals surface area contributed by atoms with Gasteiger partial charge < -0.3 is 14.9 Å². The molecule has 0 radical (unpaired) electrons. The van der Waals surface area contributed by atoms with Crippen molar-refractivity contribution < 1.29 is 9.90 Å². The standard InChI is InChI=1S/C14H26N2O2/c1-14(13(17)18)7-10-16(11-14)9-6-12-5-3-4-8-15(12)2/h12H,3-11H2,1-2H3,(H,17,18). The Morgan fingerprint density at radius 1 is 1.39 bits per heavy atom. The molecule has 2 atom stereocenters. The zero-order valence-electron chi connectivity index (χ0n) is 11.7. The van der Waals surface area contributed by atoms with Crippen LogP contribution in [0.15, 0.2) is 0 Å². The number of aliphatic carboxylic acids is 1. The highest BCUT2D eigenvalue weighted by Gasteiger charge is 2.40. The molecule has 2 rings (SSSR count). The number of nitrogens with zero attached hydrogens (tertiary/aromatic N) is 2. The summed E-state index contributed by atoms with van der Waals surface area (Å²) < 4.78 is 0. The Morgan fingerprint density at radius 3 is 2.78 bits per heavy atom. The van der Waals surface area contributed by atoms with Gasteiger partial charge in [-0.3, -0.25) is 4.79 Å². The third kappa shape index (κ3) is 3.04. The monoisotopic (exact) mass is 254 g/mol. The number of likely N-dealkylation sites (tertiary alicyclic amines) is 2. The van der Waals surface area contributed by atoms with Gasteiger partial charge in [0.15, 0.2) is 0 Å². The van der Waals surface area contributed by atoms with Crippen molar-refractivity contribution in [1.82, 2.24) is 9.80 Å². The molecule has 4 heteroatoms. The largest absolute Gasteiger partial charge is 0.481 e. The molecule has 0 aromatic rings. The smallest absolute Gasteiger partial charge is 0.310 e. The molecule has 2 aliphatic rings. The quantitative estimate of drug-likeness (QED) is 0.828. The van der Waals surface area contributed by atoms with Crippen LogP contribution in [0.5, 0.6) is 0 Å². The van der Waals surface area contributed by atoms with E-state index < -0.39 is 11.4 Å². The van der Waals surface area contributed by atoms with Crippen molar-refractivity contribution in [1.29, 1.82) is 0 Å². The molecule has 2 aliphatic heterocycles. The first-order valence-electron chi connectivity index (χ1n) is 7.17. The zero-order valence-corrected chi connectivity index (χ0v) is 11.7. The molecule has 0 spiro atoms. The lowest BCUT2D eigenvalue weighted by Crippen LogP contribution is -2.39. The zero-order chi connectivity index (χ0) is 13.2. The average molecular weight is 254 g/mol. The van der Waals surface area contributed by atoms with Crippen LogP contribution >= 0.6 is 0 Å². The van der Waals surface area contributed by atoms with Crippen molar-refractivity contribution in [2.75, 3.05) is 33.2 Å². The fourth-order valence-corrected chi connectivity index (χ4v) is 3.26. The second-order valence-electron chi connectivity index (χ2n) is 6.31. The number of hydrogen-bond donors (Lipinski definition) is 1. The van der Waals surface area contributed by atoms with Gasteiger partial charge in [-0.2, -0.15) is 0 Å². The van der Waals surface area contributed by atoms with Crippen LogP contribution in [0.4, 0.5) is 0 Å². The van der Waals surface area contributed by atoms with Gasteiger partial charge in [0.1, 0.15) is 0 Å². The van der Waals surface area contributed by atoms with Crippen LogP contribution in [0.1, 0.15) is 39.0 Å². The van der Waals surface area contributed by atoms with E-state index in [1.807, 2.05) is 6.92 Å². The number of carboxylic acids is 1. The molecule has 2 heterocycles. The van der Waals surface area contributed by atoms with Gasteiger partial charge in [0, 0.05) is 12.6 Å². The van der Waals surface area contributed by atoms with E-state index >= 15 is 0 Å². The predicted octanol–water partition coefficient (Wildman–Crippen LogP) is 1.66. The molecule has 1 N–H and O–H groups in total. The maximum absolute atomic E-state index is 11.2. The van der Waals surface area contributed by atoms with E-state index in [1.54, 1.807) is 0 Å². The summed E-state index contributed by atoms with van der Waals surface area (Å²) in [5, 5.41) is 9.21. The molecule has 104 valence electrons. The first-order chi connectivity index (χ1) is 8.51. The fraction of sp³-hybridized carbons (Fsp3) is 0.929. The number of hydrogen-bond acceptors (Lipinski definition) is 3. The van der Waals surface area contributed by atoms with Crippen LogP contribution in [0.2, 0.25) is 0 Å². The summed E-state index contributed by atoms with van der Waals surface area (Å²) in [6.07, 6.45) is 5.96. The molecule has 18 heavy (non-hydrogen) atoms. The Bertz CT molecular complexity index is 308. The van der Waals surface area contributed by atoms with E-state index in [-0.39, 0.29) is 0 Å². The maximum atomic E-state index is 11.2. The highest BCUT2D eigenvalue weighted by Crippen LogP contribution is 2.30. The minimum atomic E-state index is -0.639. The van der Waals surface area contributed by atoms with Crippen LogP contribution in [0.3, 0.4) is 0 Å². The molecule has 0 saturated carbocycles. The molecular formula is C14H26N2O2. The van der Waals surface area contributed by atoms with E-state index in [1.165, 1.54) is 32.2 Å². The highest BCUT2D eigenvalue weighted by molar-refractivity contribution is 5.74. The summed E-state index contributed by atoms with van der Waals surface area (Å²) in [6, 6.07) is 0.704. The summed E-state index contributed by atoms with van der Waals surface area (Å²) in [6.45, 7) is 5.81. The summed E-state index contributed by atoms with van der Waals surface area (Å²) in [5.41, 5.74) is -0.515. The van der Waals surface area contributed by atoms with Gasteiger partial charge in [-0.15, -0.1) is 0 Å². The minimum absolute atomic E-state index is 0.515. The van der Waals surface area contributed by atoms with Crippen molar-refractivity contribution >= 4 is 5.97 Å². The van der Waals surface area contributed by atoms with Crippen molar-refractivity contribution in [3.05, 3.63) is 0 Å². The first kappa shape index (κ1) is 13.8. The molecule has 0 bridgehead atoms. The lowest BCUT2D eigenvalue weighted by Gasteiger charge is -2.33. The molecule has 2 fully saturated rings. The number of carboxylic acid groups (broad SMARTS) is 1. The van der Waals surface area contributed by atoms with Gasteiger partial charge in [0.05, 0.1) is 5.41 Å². The van der Waals surface area contributed by atoms with Crippen LogP contribution < -0.4 is 0 Å². The van der Waals surface area contributed by atoms with Crippen LogP contribution in [-0.4, -0.2) is 60.1 Å². The molecule has 0 amide bonds. The van der Waals surface area contributed by atoms with E-state index in [9.17, 15) is 9.90 Å². The number of carbonyl (C=O) groups is 1. The van der Waals surface area contributed by atoms with Gasteiger partial charge in [-0.25, -0.2) is 0 Å². The Morgan fingerprint density at radius 2 is 2.17 bits per heavy atom. The summed E-state index contributed by atoms with van der Waals surface area (Å²) in [7, 11) is 2.22. The van der Waals surface area contributed by atoms with Gasteiger partial charge in [-0.1, -0.05) is 6.42 Å². The Balaban J connectivity index is 1.76. The van der Waals surface area contributed by atoms with E-state index in [2.05, 4.69) is 16.8 Å². The van der Waals surface area contributed by atoms with Crippen LogP contribution in [0, 0.1) is 5.41 Å². The number of rotatable bonds is 4. The van der Waals surface area contributed by atoms with Crippen LogP contribution in [-0.2, 0) is 4.79 Å². The maximum Gasteiger partial charge on any atom is 0.310 e. The minimum Gasteiger partial charge on any atom is -0.481 e. The van der Waals surface area contributed by atoms with Crippen molar-refractivity contribution in [3.63, 3.8) is 0 Å². The van der Waals surface area contributed by atoms with E-state index in [0.717, 1.165) is 26.1 Å². The van der Waals surface area contributed by atoms with Gasteiger partial charge in [0.25, 0.3) is 0 Å². The van der Waals surface area contributed by atoms with Crippen molar-refractivity contribution in [2.24, 2.45) is 5.41 Å². The van der Waals surface area contributed by atoms with Gasteiger partial charge in [-0.05, 0) is 59.3 Å². The summed E-state index contributed by atoms with van der Waals surface area (Å²) in [4.78, 5) is 16.0. The summed E-state index contributed by atoms with van der Waals surface area (Å²) in [5.74, 6) is -0.639. The molecule has 0 aliphatic carbocycles. The lowest BCUT2D eigenvalue weighted by atomic mass is 9.90. The van der Waals surface area contributed by atoms with E-state index in [4.69, 9.17) is 0 Å². The van der Waals surface area contributed by atoms with Crippen molar-refractivity contribution in [2.45, 2.75) is 45.1 Å². The molecule has 0 aromatic heterocycles. The Kier molecular flexibility index (Phi) is 4.28. The Hall–Kier alpha value is -0.610. The predicted molar refractivity (Wildman–Crippen MR) is 71.7 cm³/mol. The SMILES string of the molecule is CN1CCCCC1CCN1CCC(C)(C(=O)O)C1. The summed E-state index contributed by atoms with van der Waals surface area (Å²) >= 11 is 0. The van der Waals surface area contributed by atoms with E-state index in [0.29, 0.717) is 6.04 Å². The molecule has 0 aromatic carbocycles. The molecule has 4 nitrogen and oxygen atoms in total. The molecule has 2 unspecified atom stereocenters. The molecular weight excluding hydrogens is 228 g/mol.